The fourth-order valence-corrected chi connectivity index (χ4v) is 1.72. The zero-order valence-corrected chi connectivity index (χ0v) is 8.34. The number of nitrogens with zero attached hydrogens (tertiary/aromatic N) is 2. The first-order valence-corrected chi connectivity index (χ1v) is 4.57. The number of likely N-dealkylation sites (tertiary alicyclic amines) is 1. The molecule has 1 aliphatic rings. The summed E-state index contributed by atoms with van der Waals surface area (Å²) in [5, 5.41) is 0. The van der Waals surface area contributed by atoms with Crippen molar-refractivity contribution in [3.63, 3.8) is 0 Å². The molecule has 0 bridgehead atoms. The smallest absolute Gasteiger partial charge is 0.277 e. The van der Waals surface area contributed by atoms with Gasteiger partial charge in [-0.15, -0.1) is 0 Å². The van der Waals surface area contributed by atoms with Crippen molar-refractivity contribution in [1.29, 1.82) is 0 Å². The van der Waals surface area contributed by atoms with E-state index in [0.29, 0.717) is 6.54 Å². The van der Waals surface area contributed by atoms with Crippen molar-refractivity contribution in [2.24, 2.45) is 0 Å². The molecule has 0 spiro atoms. The average molecular weight is 171 g/mol. The molecule has 0 aliphatic carbocycles. The van der Waals surface area contributed by atoms with Crippen molar-refractivity contribution >= 4 is 5.91 Å². The predicted molar refractivity (Wildman–Crippen MR) is 48.7 cm³/mol. The lowest BCUT2D eigenvalue weighted by atomic mass is 10.4. The minimum atomic E-state index is 0.249. The Bertz CT molecular complexity index is 171. The number of hydrogen-bond donors (Lipinski definition) is 0. The summed E-state index contributed by atoms with van der Waals surface area (Å²) in [4.78, 5) is 13.1. The lowest BCUT2D eigenvalue weighted by molar-refractivity contribution is -0.890. The van der Waals surface area contributed by atoms with Crippen LogP contribution < -0.4 is 0 Å². The van der Waals surface area contributed by atoms with Gasteiger partial charge in [0.15, 0.2) is 6.54 Å². The summed E-state index contributed by atoms with van der Waals surface area (Å²) in [5.41, 5.74) is 0. The van der Waals surface area contributed by atoms with Crippen molar-refractivity contribution in [2.45, 2.75) is 12.8 Å². The van der Waals surface area contributed by atoms with Gasteiger partial charge < -0.3 is 9.38 Å². The highest BCUT2D eigenvalue weighted by Gasteiger charge is 2.29. The first-order valence-electron chi connectivity index (χ1n) is 4.57. The third-order valence-corrected chi connectivity index (χ3v) is 2.66. The molecule has 1 saturated heterocycles. The molecular weight excluding hydrogens is 152 g/mol. The van der Waals surface area contributed by atoms with Crippen LogP contribution >= 0.6 is 0 Å². The molecule has 3 heteroatoms. The highest BCUT2D eigenvalue weighted by Crippen LogP contribution is 2.15. The number of quaternary nitrogens is 1. The fraction of sp³-hybridized carbons (Fsp3) is 0.889. The third-order valence-electron chi connectivity index (χ3n) is 2.66. The minimum Gasteiger partial charge on any atom is -0.344 e. The van der Waals surface area contributed by atoms with Crippen LogP contribution in [-0.4, -0.2) is 56.1 Å². The zero-order valence-electron chi connectivity index (χ0n) is 8.34. The van der Waals surface area contributed by atoms with E-state index in [1.165, 1.54) is 25.9 Å². The van der Waals surface area contributed by atoms with Crippen LogP contribution in [0.15, 0.2) is 0 Å². The maximum atomic E-state index is 11.4. The van der Waals surface area contributed by atoms with Gasteiger partial charge in [-0.05, 0) is 0 Å². The summed E-state index contributed by atoms with van der Waals surface area (Å²) in [6, 6.07) is 0. The molecule has 0 atom stereocenters. The molecule has 0 saturated carbocycles. The Morgan fingerprint density at radius 2 is 1.83 bits per heavy atom. The number of carbonyl (C=O) groups excluding carboxylic acids is 1. The van der Waals surface area contributed by atoms with Crippen LogP contribution in [0.4, 0.5) is 0 Å². The van der Waals surface area contributed by atoms with Gasteiger partial charge in [0.1, 0.15) is 0 Å². The average Bonchev–Trinajstić information content (AvgIpc) is 2.35. The lowest BCUT2D eigenvalue weighted by Crippen LogP contribution is -2.47. The van der Waals surface area contributed by atoms with E-state index < -0.39 is 0 Å². The number of rotatable bonds is 2. The summed E-state index contributed by atoms with van der Waals surface area (Å²) in [6.07, 6.45) is 2.55. The van der Waals surface area contributed by atoms with Crippen LogP contribution in [0.25, 0.3) is 0 Å². The van der Waals surface area contributed by atoms with Crippen LogP contribution in [0.2, 0.25) is 0 Å². The van der Waals surface area contributed by atoms with E-state index >= 15 is 0 Å². The van der Waals surface area contributed by atoms with Crippen molar-refractivity contribution in [3.8, 4) is 0 Å². The second kappa shape index (κ2) is 3.44. The number of hydrogen-bond acceptors (Lipinski definition) is 1. The van der Waals surface area contributed by atoms with Crippen LogP contribution in [-0.2, 0) is 4.79 Å². The molecule has 70 valence electrons. The SMILES string of the molecule is CN(C)C(=O)C[N+]1(C)CCCC1. The summed E-state index contributed by atoms with van der Waals surface area (Å²) in [7, 11) is 5.82. The first-order chi connectivity index (χ1) is 5.53. The molecule has 0 radical (unpaired) electrons. The van der Waals surface area contributed by atoms with E-state index in [9.17, 15) is 4.79 Å². The quantitative estimate of drug-likeness (QED) is 0.548. The van der Waals surface area contributed by atoms with Gasteiger partial charge in [-0.25, -0.2) is 0 Å². The Labute approximate surface area is 74.5 Å². The molecule has 0 unspecified atom stereocenters. The van der Waals surface area contributed by atoms with Crippen LogP contribution in [0.5, 0.6) is 0 Å². The summed E-state index contributed by atoms with van der Waals surface area (Å²) in [6.45, 7) is 3.01. The van der Waals surface area contributed by atoms with Gasteiger partial charge in [-0.3, -0.25) is 4.79 Å². The predicted octanol–water partition coefficient (Wildman–Crippen LogP) is 0.315. The van der Waals surface area contributed by atoms with Gasteiger partial charge in [0, 0.05) is 26.9 Å². The van der Waals surface area contributed by atoms with Crippen molar-refractivity contribution < 1.29 is 9.28 Å². The topological polar surface area (TPSA) is 20.3 Å². The summed E-state index contributed by atoms with van der Waals surface area (Å²) < 4.78 is 0.941. The molecule has 1 rings (SSSR count). The highest BCUT2D eigenvalue weighted by atomic mass is 16.2. The number of carbonyl (C=O) groups is 1. The van der Waals surface area contributed by atoms with Gasteiger partial charge in [-0.1, -0.05) is 0 Å². The maximum absolute atomic E-state index is 11.4. The highest BCUT2D eigenvalue weighted by molar-refractivity contribution is 5.76. The number of likely N-dealkylation sites (N-methyl/N-ethyl adjacent to an activating group) is 2. The standard InChI is InChI=1S/C9H19N2O/c1-10(2)9(12)8-11(3)6-4-5-7-11/h4-8H2,1-3H3/q+1. The second-order valence-corrected chi connectivity index (χ2v) is 4.22. The summed E-state index contributed by atoms with van der Waals surface area (Å²) in [5.74, 6) is 0.249. The Morgan fingerprint density at radius 3 is 2.25 bits per heavy atom. The van der Waals surface area contributed by atoms with Gasteiger partial charge in [0.2, 0.25) is 0 Å². The minimum absolute atomic E-state index is 0.249. The zero-order chi connectivity index (χ0) is 9.19. The monoisotopic (exact) mass is 171 g/mol. The van der Waals surface area contributed by atoms with Crippen molar-refractivity contribution in [2.75, 3.05) is 40.8 Å². The Morgan fingerprint density at radius 1 is 1.33 bits per heavy atom. The molecule has 12 heavy (non-hydrogen) atoms. The summed E-state index contributed by atoms with van der Waals surface area (Å²) >= 11 is 0. The molecule has 0 aromatic heterocycles. The van der Waals surface area contributed by atoms with Gasteiger partial charge >= 0.3 is 0 Å². The van der Waals surface area contributed by atoms with Gasteiger partial charge in [-0.2, -0.15) is 0 Å². The molecule has 1 fully saturated rings. The molecule has 1 amide bonds. The van der Waals surface area contributed by atoms with E-state index in [0.717, 1.165) is 4.48 Å². The van der Waals surface area contributed by atoms with E-state index in [1.807, 2.05) is 14.1 Å². The normalized spacial score (nSPS) is 20.9. The van der Waals surface area contributed by atoms with E-state index in [2.05, 4.69) is 7.05 Å². The third kappa shape index (κ3) is 2.21. The fourth-order valence-electron chi connectivity index (χ4n) is 1.72. The maximum Gasteiger partial charge on any atom is 0.277 e. The molecule has 0 N–H and O–H groups in total. The Balaban J connectivity index is 2.44. The van der Waals surface area contributed by atoms with Crippen molar-refractivity contribution in [1.82, 2.24) is 4.90 Å². The molecular formula is C9H19N2O+. The number of amides is 1. The van der Waals surface area contributed by atoms with Crippen LogP contribution in [0.3, 0.4) is 0 Å². The molecule has 0 aromatic carbocycles. The lowest BCUT2D eigenvalue weighted by Gasteiger charge is -2.29. The van der Waals surface area contributed by atoms with E-state index in [4.69, 9.17) is 0 Å². The first kappa shape index (κ1) is 9.52. The largest absolute Gasteiger partial charge is 0.344 e. The molecule has 0 aromatic rings. The molecule has 1 aliphatic heterocycles. The van der Waals surface area contributed by atoms with Gasteiger partial charge in [0.05, 0.1) is 20.1 Å². The van der Waals surface area contributed by atoms with Crippen LogP contribution in [0.1, 0.15) is 12.8 Å². The Kier molecular flexibility index (Phi) is 2.73. The molecule has 1 heterocycles. The van der Waals surface area contributed by atoms with E-state index in [1.54, 1.807) is 4.90 Å². The Hall–Kier alpha value is -0.570. The van der Waals surface area contributed by atoms with Crippen molar-refractivity contribution in [3.05, 3.63) is 0 Å². The second-order valence-electron chi connectivity index (χ2n) is 4.22. The molecule has 3 nitrogen and oxygen atoms in total. The van der Waals surface area contributed by atoms with E-state index in [-0.39, 0.29) is 5.91 Å². The van der Waals surface area contributed by atoms with Gasteiger partial charge in [0.25, 0.3) is 5.91 Å². The van der Waals surface area contributed by atoms with Crippen LogP contribution in [0, 0.1) is 0 Å².